The lowest BCUT2D eigenvalue weighted by Crippen LogP contribution is -2.17. The number of carboxylic acids is 1. The number of hydrogen-bond donors (Lipinski definition) is 2. The van der Waals surface area contributed by atoms with E-state index < -0.39 is 5.97 Å². The Balaban J connectivity index is 1.72. The molecule has 5 heteroatoms. The molecule has 0 radical (unpaired) electrons. The number of carboxylic acid groups (broad SMARTS) is 1. The van der Waals surface area contributed by atoms with Crippen LogP contribution in [0.3, 0.4) is 0 Å². The van der Waals surface area contributed by atoms with E-state index in [4.69, 9.17) is 5.11 Å². The predicted molar refractivity (Wildman–Crippen MR) is 82.4 cm³/mol. The standard InChI is InChI=1S/C16H17N3O2/c20-16(21)15-11-13(7-8-17-15)18-12-3-5-14(6-4-12)19-9-1-2-10-19/h3-8,11H,1-2,9-10H2,(H,17,18)(H,20,21). The Hall–Kier alpha value is -2.56. The third-order valence-corrected chi connectivity index (χ3v) is 3.61. The van der Waals surface area contributed by atoms with Crippen LogP contribution in [0, 0.1) is 0 Å². The molecule has 1 aliphatic heterocycles. The Bertz CT molecular complexity index is 634. The molecule has 2 N–H and O–H groups in total. The van der Waals surface area contributed by atoms with E-state index in [1.54, 1.807) is 6.07 Å². The van der Waals surface area contributed by atoms with Crippen molar-refractivity contribution in [3.05, 3.63) is 48.3 Å². The molecule has 1 aliphatic rings. The summed E-state index contributed by atoms with van der Waals surface area (Å²) in [5, 5.41) is 12.1. The summed E-state index contributed by atoms with van der Waals surface area (Å²) in [5.74, 6) is -1.02. The molecule has 0 unspecified atom stereocenters. The summed E-state index contributed by atoms with van der Waals surface area (Å²) in [5.41, 5.74) is 2.92. The van der Waals surface area contributed by atoms with Crippen LogP contribution >= 0.6 is 0 Å². The van der Waals surface area contributed by atoms with Crippen LogP contribution in [0.4, 0.5) is 17.1 Å². The summed E-state index contributed by atoms with van der Waals surface area (Å²) >= 11 is 0. The van der Waals surface area contributed by atoms with Gasteiger partial charge in [0.15, 0.2) is 0 Å². The van der Waals surface area contributed by atoms with Crippen LogP contribution in [0.2, 0.25) is 0 Å². The van der Waals surface area contributed by atoms with Crippen LogP contribution in [0.1, 0.15) is 23.3 Å². The molecule has 0 aliphatic carbocycles. The molecule has 1 saturated heterocycles. The van der Waals surface area contributed by atoms with Gasteiger partial charge < -0.3 is 15.3 Å². The molecule has 0 saturated carbocycles. The number of nitrogens with zero attached hydrogens (tertiary/aromatic N) is 2. The fourth-order valence-corrected chi connectivity index (χ4v) is 2.52. The van der Waals surface area contributed by atoms with E-state index in [2.05, 4.69) is 27.3 Å². The minimum Gasteiger partial charge on any atom is -0.477 e. The van der Waals surface area contributed by atoms with Gasteiger partial charge in [0.25, 0.3) is 0 Å². The zero-order valence-electron chi connectivity index (χ0n) is 11.6. The van der Waals surface area contributed by atoms with Gasteiger partial charge in [-0.15, -0.1) is 0 Å². The average Bonchev–Trinajstić information content (AvgIpc) is 3.02. The van der Waals surface area contributed by atoms with Gasteiger partial charge in [-0.3, -0.25) is 0 Å². The zero-order chi connectivity index (χ0) is 14.7. The monoisotopic (exact) mass is 283 g/mol. The van der Waals surface area contributed by atoms with E-state index in [1.807, 2.05) is 12.1 Å². The lowest BCUT2D eigenvalue weighted by Gasteiger charge is -2.18. The number of carbonyl (C=O) groups is 1. The number of anilines is 3. The second-order valence-electron chi connectivity index (χ2n) is 5.10. The van der Waals surface area contributed by atoms with E-state index in [9.17, 15) is 4.79 Å². The molecule has 2 heterocycles. The Labute approximate surface area is 123 Å². The van der Waals surface area contributed by atoms with Gasteiger partial charge in [0.05, 0.1) is 0 Å². The number of nitrogens with one attached hydrogen (secondary N) is 1. The summed E-state index contributed by atoms with van der Waals surface area (Å²) in [6.07, 6.45) is 4.01. The largest absolute Gasteiger partial charge is 0.477 e. The minimum atomic E-state index is -1.02. The summed E-state index contributed by atoms with van der Waals surface area (Å²) in [6.45, 7) is 2.25. The van der Waals surface area contributed by atoms with Crippen molar-refractivity contribution in [3.8, 4) is 0 Å². The van der Waals surface area contributed by atoms with Gasteiger partial charge >= 0.3 is 5.97 Å². The maximum Gasteiger partial charge on any atom is 0.354 e. The molecule has 5 nitrogen and oxygen atoms in total. The average molecular weight is 283 g/mol. The Kier molecular flexibility index (Phi) is 3.73. The smallest absolute Gasteiger partial charge is 0.354 e. The van der Waals surface area contributed by atoms with Crippen molar-refractivity contribution in [2.45, 2.75) is 12.8 Å². The molecule has 1 aromatic carbocycles. The molecule has 0 atom stereocenters. The lowest BCUT2D eigenvalue weighted by atomic mass is 10.2. The number of benzene rings is 1. The first-order valence-electron chi connectivity index (χ1n) is 7.04. The van der Waals surface area contributed by atoms with Gasteiger partial charge in [-0.05, 0) is 49.2 Å². The maximum atomic E-state index is 10.9. The van der Waals surface area contributed by atoms with Crippen LogP contribution in [0.15, 0.2) is 42.6 Å². The van der Waals surface area contributed by atoms with Crippen LogP contribution in [0.5, 0.6) is 0 Å². The normalized spacial score (nSPS) is 14.2. The lowest BCUT2D eigenvalue weighted by molar-refractivity contribution is 0.0690. The second kappa shape index (κ2) is 5.83. The van der Waals surface area contributed by atoms with E-state index in [1.165, 1.54) is 30.8 Å². The van der Waals surface area contributed by atoms with Gasteiger partial charge in [0, 0.05) is 36.3 Å². The molecule has 0 amide bonds. The molecule has 0 spiro atoms. The first kappa shape index (κ1) is 13.4. The Morgan fingerprint density at radius 3 is 2.48 bits per heavy atom. The van der Waals surface area contributed by atoms with E-state index in [-0.39, 0.29) is 5.69 Å². The Morgan fingerprint density at radius 1 is 1.10 bits per heavy atom. The fourth-order valence-electron chi connectivity index (χ4n) is 2.52. The van der Waals surface area contributed by atoms with Crippen molar-refractivity contribution >= 4 is 23.0 Å². The number of rotatable bonds is 4. The number of aromatic nitrogens is 1. The number of aromatic carboxylic acids is 1. The molecule has 2 aromatic rings. The van der Waals surface area contributed by atoms with E-state index in [0.717, 1.165) is 24.5 Å². The highest BCUT2D eigenvalue weighted by atomic mass is 16.4. The van der Waals surface area contributed by atoms with Gasteiger partial charge in [-0.2, -0.15) is 0 Å². The van der Waals surface area contributed by atoms with Crippen molar-refractivity contribution < 1.29 is 9.90 Å². The molecule has 0 bridgehead atoms. The quantitative estimate of drug-likeness (QED) is 0.902. The number of pyridine rings is 1. The SMILES string of the molecule is O=C(O)c1cc(Nc2ccc(N3CCCC3)cc2)ccn1. The maximum absolute atomic E-state index is 10.9. The van der Waals surface area contributed by atoms with E-state index >= 15 is 0 Å². The van der Waals surface area contributed by atoms with Crippen molar-refractivity contribution in [1.29, 1.82) is 0 Å². The fraction of sp³-hybridized carbons (Fsp3) is 0.250. The topological polar surface area (TPSA) is 65.5 Å². The van der Waals surface area contributed by atoms with Crippen LogP contribution < -0.4 is 10.2 Å². The van der Waals surface area contributed by atoms with Gasteiger partial charge in [-0.1, -0.05) is 0 Å². The highest BCUT2D eigenvalue weighted by molar-refractivity contribution is 5.86. The van der Waals surface area contributed by atoms with E-state index in [0.29, 0.717) is 0 Å². The first-order valence-corrected chi connectivity index (χ1v) is 7.04. The summed E-state index contributed by atoms with van der Waals surface area (Å²) in [4.78, 5) is 17.1. The third-order valence-electron chi connectivity index (χ3n) is 3.61. The highest BCUT2D eigenvalue weighted by Gasteiger charge is 2.11. The predicted octanol–water partition coefficient (Wildman–Crippen LogP) is 3.12. The molecule has 1 aromatic heterocycles. The highest BCUT2D eigenvalue weighted by Crippen LogP contribution is 2.24. The molecule has 3 rings (SSSR count). The molecule has 21 heavy (non-hydrogen) atoms. The summed E-state index contributed by atoms with van der Waals surface area (Å²) in [7, 11) is 0. The summed E-state index contributed by atoms with van der Waals surface area (Å²) < 4.78 is 0. The van der Waals surface area contributed by atoms with Crippen LogP contribution in [0.25, 0.3) is 0 Å². The van der Waals surface area contributed by atoms with Crippen LogP contribution in [-0.4, -0.2) is 29.1 Å². The zero-order valence-corrected chi connectivity index (χ0v) is 11.6. The van der Waals surface area contributed by atoms with Gasteiger partial charge in [0.2, 0.25) is 0 Å². The minimum absolute atomic E-state index is 0.0358. The molecule has 108 valence electrons. The van der Waals surface area contributed by atoms with Gasteiger partial charge in [0.1, 0.15) is 5.69 Å². The first-order chi connectivity index (χ1) is 10.2. The molecular formula is C16H17N3O2. The van der Waals surface area contributed by atoms with Crippen molar-refractivity contribution in [2.75, 3.05) is 23.3 Å². The second-order valence-corrected chi connectivity index (χ2v) is 5.10. The van der Waals surface area contributed by atoms with Crippen LogP contribution in [-0.2, 0) is 0 Å². The van der Waals surface area contributed by atoms with Crippen molar-refractivity contribution in [2.24, 2.45) is 0 Å². The third kappa shape index (κ3) is 3.13. The number of hydrogen-bond acceptors (Lipinski definition) is 4. The van der Waals surface area contributed by atoms with Crippen molar-refractivity contribution in [3.63, 3.8) is 0 Å². The molecule has 1 fully saturated rings. The van der Waals surface area contributed by atoms with Gasteiger partial charge in [-0.25, -0.2) is 9.78 Å². The molecular weight excluding hydrogens is 266 g/mol. The summed E-state index contributed by atoms with van der Waals surface area (Å²) in [6, 6.07) is 11.5. The van der Waals surface area contributed by atoms with Crippen molar-refractivity contribution in [1.82, 2.24) is 4.98 Å². The Morgan fingerprint density at radius 2 is 1.81 bits per heavy atom.